The van der Waals surface area contributed by atoms with Gasteiger partial charge in [-0.2, -0.15) is 0 Å². The van der Waals surface area contributed by atoms with Gasteiger partial charge in [0, 0.05) is 5.38 Å². The Bertz CT molecular complexity index is 323. The molecule has 1 atom stereocenters. The summed E-state index contributed by atoms with van der Waals surface area (Å²) in [6, 6.07) is 2.17. The molecule has 0 fully saturated rings. The van der Waals surface area contributed by atoms with Crippen molar-refractivity contribution in [3.8, 4) is 0 Å². The van der Waals surface area contributed by atoms with Gasteiger partial charge in [-0.15, -0.1) is 11.6 Å². The zero-order valence-electron chi connectivity index (χ0n) is 7.66. The standard InChI is InChI=1S/C10H10ClF3/c1-6(11)2-3-7-4-5-8(12)10(14)9(7)13/h4-6H,2-3H2,1H3. The van der Waals surface area contributed by atoms with Gasteiger partial charge in [-0.05, 0) is 31.4 Å². The first kappa shape index (κ1) is 11.4. The van der Waals surface area contributed by atoms with Gasteiger partial charge in [0.15, 0.2) is 17.5 Å². The lowest BCUT2D eigenvalue weighted by Crippen LogP contribution is -2.01. The van der Waals surface area contributed by atoms with Crippen molar-refractivity contribution in [1.29, 1.82) is 0 Å². The fourth-order valence-electron chi connectivity index (χ4n) is 1.11. The molecule has 1 aromatic rings. The number of hydrogen-bond donors (Lipinski definition) is 0. The topological polar surface area (TPSA) is 0 Å². The fourth-order valence-corrected chi connectivity index (χ4v) is 1.22. The van der Waals surface area contributed by atoms with Crippen molar-refractivity contribution in [2.75, 3.05) is 0 Å². The summed E-state index contributed by atoms with van der Waals surface area (Å²) in [6.45, 7) is 1.76. The maximum Gasteiger partial charge on any atom is 0.194 e. The summed E-state index contributed by atoms with van der Waals surface area (Å²) in [7, 11) is 0. The Morgan fingerprint density at radius 2 is 1.86 bits per heavy atom. The van der Waals surface area contributed by atoms with Crippen LogP contribution in [-0.2, 0) is 6.42 Å². The number of alkyl halides is 1. The van der Waals surface area contributed by atoms with E-state index in [1.54, 1.807) is 6.92 Å². The minimum Gasteiger partial charge on any atom is -0.204 e. The quantitative estimate of drug-likeness (QED) is 0.541. The Labute approximate surface area is 85.7 Å². The van der Waals surface area contributed by atoms with Crippen LogP contribution in [0.4, 0.5) is 13.2 Å². The highest BCUT2D eigenvalue weighted by Gasteiger charge is 2.13. The van der Waals surface area contributed by atoms with Gasteiger partial charge in [-0.25, -0.2) is 13.2 Å². The molecule has 14 heavy (non-hydrogen) atoms. The average molecular weight is 223 g/mol. The molecule has 1 unspecified atom stereocenters. The van der Waals surface area contributed by atoms with Gasteiger partial charge in [-0.1, -0.05) is 6.07 Å². The number of aryl methyl sites for hydroxylation is 1. The van der Waals surface area contributed by atoms with Crippen LogP contribution in [0.3, 0.4) is 0 Å². The minimum atomic E-state index is -1.41. The summed E-state index contributed by atoms with van der Waals surface area (Å²) >= 11 is 5.66. The van der Waals surface area contributed by atoms with E-state index in [0.29, 0.717) is 12.8 Å². The zero-order valence-corrected chi connectivity index (χ0v) is 8.41. The van der Waals surface area contributed by atoms with Crippen LogP contribution in [0.15, 0.2) is 12.1 Å². The van der Waals surface area contributed by atoms with Crippen LogP contribution in [0.5, 0.6) is 0 Å². The minimum absolute atomic E-state index is 0.109. The van der Waals surface area contributed by atoms with E-state index in [1.165, 1.54) is 6.07 Å². The third-order valence-corrected chi connectivity index (χ3v) is 2.14. The van der Waals surface area contributed by atoms with Gasteiger partial charge >= 0.3 is 0 Å². The van der Waals surface area contributed by atoms with E-state index in [4.69, 9.17) is 11.6 Å². The van der Waals surface area contributed by atoms with Crippen molar-refractivity contribution < 1.29 is 13.2 Å². The monoisotopic (exact) mass is 222 g/mol. The molecule has 1 rings (SSSR count). The molecule has 0 nitrogen and oxygen atoms in total. The van der Waals surface area contributed by atoms with Gasteiger partial charge < -0.3 is 0 Å². The first-order valence-electron chi connectivity index (χ1n) is 4.29. The summed E-state index contributed by atoms with van der Waals surface area (Å²) in [5, 5.41) is -0.109. The molecule has 0 heterocycles. The Hall–Kier alpha value is -0.700. The van der Waals surface area contributed by atoms with Crippen molar-refractivity contribution >= 4 is 11.6 Å². The molecular weight excluding hydrogens is 213 g/mol. The first-order valence-corrected chi connectivity index (χ1v) is 4.72. The highest BCUT2D eigenvalue weighted by atomic mass is 35.5. The smallest absolute Gasteiger partial charge is 0.194 e. The molecule has 0 aliphatic heterocycles. The predicted octanol–water partition coefficient (Wildman–Crippen LogP) is 3.66. The predicted molar refractivity (Wildman–Crippen MR) is 50.0 cm³/mol. The molecule has 4 heteroatoms. The molecule has 0 N–H and O–H groups in total. The van der Waals surface area contributed by atoms with E-state index in [-0.39, 0.29) is 10.9 Å². The number of benzene rings is 1. The SMILES string of the molecule is CC(Cl)CCc1ccc(F)c(F)c1F. The van der Waals surface area contributed by atoms with Crippen LogP contribution in [0, 0.1) is 17.5 Å². The van der Waals surface area contributed by atoms with E-state index < -0.39 is 17.5 Å². The van der Waals surface area contributed by atoms with Crippen molar-refractivity contribution in [2.24, 2.45) is 0 Å². The van der Waals surface area contributed by atoms with E-state index in [9.17, 15) is 13.2 Å². The third kappa shape index (κ3) is 2.64. The Balaban J connectivity index is 2.83. The fraction of sp³-hybridized carbons (Fsp3) is 0.400. The van der Waals surface area contributed by atoms with Gasteiger partial charge in [0.25, 0.3) is 0 Å². The second-order valence-electron chi connectivity index (χ2n) is 3.15. The molecule has 0 amide bonds. The number of hydrogen-bond acceptors (Lipinski definition) is 0. The maximum absolute atomic E-state index is 13.1. The lowest BCUT2D eigenvalue weighted by molar-refractivity contribution is 0.440. The molecule has 78 valence electrons. The normalized spacial score (nSPS) is 12.9. The summed E-state index contributed by atoms with van der Waals surface area (Å²) in [4.78, 5) is 0. The molecular formula is C10H10ClF3. The van der Waals surface area contributed by atoms with Crippen molar-refractivity contribution in [1.82, 2.24) is 0 Å². The summed E-state index contributed by atoms with van der Waals surface area (Å²) in [5.74, 6) is -3.68. The van der Waals surface area contributed by atoms with Crippen LogP contribution < -0.4 is 0 Å². The molecule has 0 bridgehead atoms. The summed E-state index contributed by atoms with van der Waals surface area (Å²) < 4.78 is 38.3. The molecule has 0 spiro atoms. The zero-order chi connectivity index (χ0) is 10.7. The number of rotatable bonds is 3. The molecule has 0 saturated heterocycles. The molecule has 0 aromatic heterocycles. The van der Waals surface area contributed by atoms with E-state index in [0.717, 1.165) is 6.07 Å². The van der Waals surface area contributed by atoms with E-state index in [2.05, 4.69) is 0 Å². The van der Waals surface area contributed by atoms with Crippen molar-refractivity contribution in [3.63, 3.8) is 0 Å². The molecule has 0 radical (unpaired) electrons. The van der Waals surface area contributed by atoms with Crippen LogP contribution in [0.1, 0.15) is 18.9 Å². The second kappa shape index (κ2) is 4.69. The Morgan fingerprint density at radius 1 is 1.21 bits per heavy atom. The van der Waals surface area contributed by atoms with Crippen LogP contribution in [0.2, 0.25) is 0 Å². The van der Waals surface area contributed by atoms with Gasteiger partial charge in [-0.3, -0.25) is 0 Å². The van der Waals surface area contributed by atoms with Gasteiger partial charge in [0.1, 0.15) is 0 Å². The van der Waals surface area contributed by atoms with E-state index in [1.807, 2.05) is 0 Å². The molecule has 0 aliphatic rings. The molecule has 0 saturated carbocycles. The third-order valence-electron chi connectivity index (χ3n) is 1.93. The Morgan fingerprint density at radius 3 is 2.43 bits per heavy atom. The van der Waals surface area contributed by atoms with Gasteiger partial charge in [0.2, 0.25) is 0 Å². The lowest BCUT2D eigenvalue weighted by Gasteiger charge is -2.05. The van der Waals surface area contributed by atoms with E-state index >= 15 is 0 Å². The van der Waals surface area contributed by atoms with Crippen LogP contribution in [-0.4, -0.2) is 5.38 Å². The highest BCUT2D eigenvalue weighted by molar-refractivity contribution is 6.20. The van der Waals surface area contributed by atoms with Crippen molar-refractivity contribution in [3.05, 3.63) is 35.1 Å². The molecule has 1 aromatic carbocycles. The largest absolute Gasteiger partial charge is 0.204 e. The maximum atomic E-state index is 13.1. The van der Waals surface area contributed by atoms with Crippen LogP contribution in [0.25, 0.3) is 0 Å². The second-order valence-corrected chi connectivity index (χ2v) is 3.90. The summed E-state index contributed by atoms with van der Waals surface area (Å²) in [5.41, 5.74) is 0.163. The highest BCUT2D eigenvalue weighted by Crippen LogP contribution is 2.17. The first-order chi connectivity index (χ1) is 6.52. The summed E-state index contributed by atoms with van der Waals surface area (Å²) in [6.07, 6.45) is 0.844. The van der Waals surface area contributed by atoms with Crippen molar-refractivity contribution in [2.45, 2.75) is 25.1 Å². The molecule has 0 aliphatic carbocycles. The Kier molecular flexibility index (Phi) is 3.81. The number of halogens is 4. The van der Waals surface area contributed by atoms with Gasteiger partial charge in [0.05, 0.1) is 0 Å². The average Bonchev–Trinajstić information content (AvgIpc) is 2.13. The lowest BCUT2D eigenvalue weighted by atomic mass is 10.1. The van der Waals surface area contributed by atoms with Crippen LogP contribution >= 0.6 is 11.6 Å².